The van der Waals surface area contributed by atoms with Crippen molar-refractivity contribution in [3.8, 4) is 0 Å². The second-order valence-electron chi connectivity index (χ2n) is 6.15. The molecule has 1 aromatic rings. The summed E-state index contributed by atoms with van der Waals surface area (Å²) >= 11 is 4.15. The molecule has 0 fully saturated rings. The quantitative estimate of drug-likeness (QED) is 0.272. The van der Waals surface area contributed by atoms with E-state index in [0.717, 1.165) is 24.2 Å². The zero-order chi connectivity index (χ0) is 18.9. The number of rotatable bonds is 11. The predicted octanol–water partition coefficient (Wildman–Crippen LogP) is 2.80. The standard InChI is InChI=1S/C18H28N2O4S/c1-18(17(22)23,24-14-15-10-6-4-7-11-15)20(19(2)3)16(21)12-8-5-9-13-25/h4,6-7,10-11,25H,5,8-9,12-14H2,1-3H3,(H,22,23). The monoisotopic (exact) mass is 368 g/mol. The van der Waals surface area contributed by atoms with Crippen LogP contribution in [0.25, 0.3) is 0 Å². The van der Waals surface area contributed by atoms with Gasteiger partial charge in [-0.1, -0.05) is 36.8 Å². The molecule has 0 radical (unpaired) electrons. The first-order valence-corrected chi connectivity index (χ1v) is 8.98. The number of ether oxygens (including phenoxy) is 1. The molecule has 1 unspecified atom stereocenters. The van der Waals surface area contributed by atoms with E-state index in [0.29, 0.717) is 6.42 Å². The lowest BCUT2D eigenvalue weighted by molar-refractivity contribution is -0.231. The highest BCUT2D eigenvalue weighted by Gasteiger charge is 2.45. The van der Waals surface area contributed by atoms with E-state index in [9.17, 15) is 14.7 Å². The minimum absolute atomic E-state index is 0.0981. The molecule has 0 aliphatic rings. The molecular weight excluding hydrogens is 340 g/mol. The number of thiol groups is 1. The number of carboxylic acid groups (broad SMARTS) is 1. The Labute approximate surface area is 155 Å². The third-order valence-corrected chi connectivity index (χ3v) is 4.16. The molecule has 0 bridgehead atoms. The van der Waals surface area contributed by atoms with Gasteiger partial charge in [0.2, 0.25) is 5.91 Å². The predicted molar refractivity (Wildman–Crippen MR) is 100 cm³/mol. The van der Waals surface area contributed by atoms with Gasteiger partial charge in [-0.2, -0.15) is 12.6 Å². The Hall–Kier alpha value is -1.57. The number of carbonyl (C=O) groups is 2. The maximum Gasteiger partial charge on any atom is 0.358 e. The summed E-state index contributed by atoms with van der Waals surface area (Å²) in [6.07, 6.45) is 2.77. The van der Waals surface area contributed by atoms with Crippen molar-refractivity contribution in [2.75, 3.05) is 19.8 Å². The van der Waals surface area contributed by atoms with Gasteiger partial charge in [0.1, 0.15) is 0 Å². The molecule has 0 spiro atoms. The summed E-state index contributed by atoms with van der Waals surface area (Å²) in [4.78, 5) is 24.5. The molecule has 1 atom stereocenters. The van der Waals surface area contributed by atoms with Gasteiger partial charge in [0, 0.05) is 20.5 Å². The minimum Gasteiger partial charge on any atom is -0.478 e. The third kappa shape index (κ3) is 6.34. The lowest BCUT2D eigenvalue weighted by Crippen LogP contribution is -2.61. The van der Waals surface area contributed by atoms with E-state index < -0.39 is 11.7 Å². The largest absolute Gasteiger partial charge is 0.478 e. The number of benzene rings is 1. The van der Waals surface area contributed by atoms with Crippen LogP contribution in [0, 0.1) is 0 Å². The molecule has 0 aromatic heterocycles. The Bertz CT molecular complexity index is 553. The molecule has 1 N–H and O–H groups in total. The Morgan fingerprint density at radius 2 is 1.80 bits per heavy atom. The summed E-state index contributed by atoms with van der Waals surface area (Å²) in [5.41, 5.74) is -0.935. The van der Waals surface area contributed by atoms with Crippen LogP contribution in [0.2, 0.25) is 0 Å². The number of nitrogens with zero attached hydrogens (tertiary/aromatic N) is 2. The second kappa shape index (κ2) is 10.4. The van der Waals surface area contributed by atoms with Crippen molar-refractivity contribution in [3.05, 3.63) is 35.9 Å². The van der Waals surface area contributed by atoms with E-state index in [2.05, 4.69) is 12.6 Å². The van der Waals surface area contributed by atoms with E-state index in [-0.39, 0.29) is 18.9 Å². The van der Waals surface area contributed by atoms with Crippen LogP contribution < -0.4 is 0 Å². The molecule has 1 rings (SSSR count). The van der Waals surface area contributed by atoms with Crippen LogP contribution in [0.5, 0.6) is 0 Å². The highest BCUT2D eigenvalue weighted by atomic mass is 32.1. The van der Waals surface area contributed by atoms with Gasteiger partial charge in [0.15, 0.2) is 0 Å². The second-order valence-corrected chi connectivity index (χ2v) is 6.60. The maximum absolute atomic E-state index is 12.6. The molecule has 25 heavy (non-hydrogen) atoms. The minimum atomic E-state index is -1.78. The van der Waals surface area contributed by atoms with Gasteiger partial charge in [0.05, 0.1) is 6.61 Å². The van der Waals surface area contributed by atoms with E-state index in [1.54, 1.807) is 14.1 Å². The van der Waals surface area contributed by atoms with Crippen molar-refractivity contribution in [2.45, 2.75) is 44.9 Å². The molecule has 7 heteroatoms. The number of hydrogen-bond donors (Lipinski definition) is 2. The number of unbranched alkanes of at least 4 members (excludes halogenated alkanes) is 2. The van der Waals surface area contributed by atoms with Gasteiger partial charge < -0.3 is 9.84 Å². The van der Waals surface area contributed by atoms with Gasteiger partial charge in [-0.25, -0.2) is 14.8 Å². The summed E-state index contributed by atoms with van der Waals surface area (Å²) < 4.78 is 5.70. The molecule has 6 nitrogen and oxygen atoms in total. The molecule has 1 amide bonds. The van der Waals surface area contributed by atoms with Gasteiger partial charge in [-0.05, 0) is 31.1 Å². The van der Waals surface area contributed by atoms with Crippen molar-refractivity contribution in [1.82, 2.24) is 10.0 Å². The zero-order valence-electron chi connectivity index (χ0n) is 15.1. The van der Waals surface area contributed by atoms with Crippen LogP contribution in [0.1, 0.15) is 38.2 Å². The van der Waals surface area contributed by atoms with Crippen molar-refractivity contribution in [3.63, 3.8) is 0 Å². The fourth-order valence-electron chi connectivity index (χ4n) is 2.52. The summed E-state index contributed by atoms with van der Waals surface area (Å²) in [6, 6.07) is 9.28. The number of aliphatic carboxylic acids is 1. The number of carboxylic acids is 1. The van der Waals surface area contributed by atoms with Crippen LogP contribution in [-0.2, 0) is 20.9 Å². The Kier molecular flexibility index (Phi) is 8.96. The first-order valence-electron chi connectivity index (χ1n) is 8.35. The molecule has 0 saturated heterocycles. The van der Waals surface area contributed by atoms with E-state index in [1.165, 1.54) is 16.9 Å². The molecule has 0 aliphatic heterocycles. The first-order chi connectivity index (χ1) is 11.8. The molecule has 1 aromatic carbocycles. The zero-order valence-corrected chi connectivity index (χ0v) is 16.0. The smallest absolute Gasteiger partial charge is 0.358 e. The molecule has 140 valence electrons. The number of hydrogen-bond acceptors (Lipinski definition) is 5. The molecular formula is C18H28N2O4S. The average Bonchev–Trinajstić information content (AvgIpc) is 2.57. The number of hydrazine groups is 1. The Morgan fingerprint density at radius 3 is 2.32 bits per heavy atom. The van der Waals surface area contributed by atoms with Gasteiger partial charge in [0.25, 0.3) is 5.72 Å². The fourth-order valence-corrected chi connectivity index (χ4v) is 2.75. The lowest BCUT2D eigenvalue weighted by Gasteiger charge is -2.41. The fraction of sp³-hybridized carbons (Fsp3) is 0.556. The normalized spacial score (nSPS) is 13.5. The first kappa shape index (κ1) is 21.5. The van der Waals surface area contributed by atoms with Crippen LogP contribution in [0.3, 0.4) is 0 Å². The van der Waals surface area contributed by atoms with Crippen LogP contribution in [0.4, 0.5) is 0 Å². The summed E-state index contributed by atoms with van der Waals surface area (Å²) in [5, 5.41) is 12.4. The van der Waals surface area contributed by atoms with Gasteiger partial charge >= 0.3 is 5.97 Å². The molecule has 0 heterocycles. The lowest BCUT2D eigenvalue weighted by atomic mass is 10.1. The SMILES string of the molecule is CN(C)N(C(=O)CCCCCS)C(C)(OCc1ccccc1)C(=O)O. The number of amides is 1. The number of carbonyl (C=O) groups excluding carboxylic acids is 1. The molecule has 0 saturated carbocycles. The average molecular weight is 368 g/mol. The summed E-state index contributed by atoms with van der Waals surface area (Å²) in [7, 11) is 3.28. The molecule has 0 aliphatic carbocycles. The van der Waals surface area contributed by atoms with Crippen LogP contribution >= 0.6 is 12.6 Å². The van der Waals surface area contributed by atoms with Crippen molar-refractivity contribution in [2.24, 2.45) is 0 Å². The summed E-state index contributed by atoms with van der Waals surface area (Å²) in [6.45, 7) is 1.50. The van der Waals surface area contributed by atoms with Crippen LogP contribution in [-0.4, -0.2) is 52.6 Å². The summed E-state index contributed by atoms with van der Waals surface area (Å²) in [5.74, 6) is -0.707. The Balaban J connectivity index is 2.88. The van der Waals surface area contributed by atoms with Crippen molar-refractivity contribution >= 4 is 24.5 Å². The highest BCUT2D eigenvalue weighted by molar-refractivity contribution is 7.80. The van der Waals surface area contributed by atoms with E-state index in [4.69, 9.17) is 4.74 Å². The van der Waals surface area contributed by atoms with Gasteiger partial charge in [-0.15, -0.1) is 0 Å². The van der Waals surface area contributed by atoms with E-state index >= 15 is 0 Å². The third-order valence-electron chi connectivity index (χ3n) is 3.85. The van der Waals surface area contributed by atoms with Crippen molar-refractivity contribution in [1.29, 1.82) is 0 Å². The Morgan fingerprint density at radius 1 is 1.16 bits per heavy atom. The van der Waals surface area contributed by atoms with Crippen LogP contribution in [0.15, 0.2) is 30.3 Å². The topological polar surface area (TPSA) is 70.1 Å². The highest BCUT2D eigenvalue weighted by Crippen LogP contribution is 2.23. The maximum atomic E-state index is 12.6. The van der Waals surface area contributed by atoms with Crippen molar-refractivity contribution < 1.29 is 19.4 Å². The van der Waals surface area contributed by atoms with E-state index in [1.807, 2.05) is 30.3 Å². The van der Waals surface area contributed by atoms with Gasteiger partial charge in [-0.3, -0.25) is 4.79 Å².